The van der Waals surface area contributed by atoms with Gasteiger partial charge in [-0.25, -0.2) is 4.98 Å². The zero-order valence-corrected chi connectivity index (χ0v) is 9.48. The van der Waals surface area contributed by atoms with Crippen molar-refractivity contribution in [3.8, 4) is 0 Å². The Morgan fingerprint density at radius 1 is 1.69 bits per heavy atom. The fraction of sp³-hybridized carbons (Fsp3) is 0.545. The van der Waals surface area contributed by atoms with Crippen LogP contribution >= 0.6 is 0 Å². The summed E-state index contributed by atoms with van der Waals surface area (Å²) in [6.07, 6.45) is 1.81. The van der Waals surface area contributed by atoms with Crippen LogP contribution in [-0.4, -0.2) is 42.4 Å². The fourth-order valence-corrected chi connectivity index (χ4v) is 2.07. The largest absolute Gasteiger partial charge is 0.395 e. The van der Waals surface area contributed by atoms with E-state index in [4.69, 9.17) is 10.8 Å². The van der Waals surface area contributed by atoms with E-state index >= 15 is 0 Å². The molecule has 5 heteroatoms. The summed E-state index contributed by atoms with van der Waals surface area (Å²) in [4.78, 5) is 6.35. The van der Waals surface area contributed by atoms with Crippen LogP contribution in [0, 0.1) is 6.92 Å². The number of piperazine rings is 1. The van der Waals surface area contributed by atoms with Gasteiger partial charge in [0.05, 0.1) is 18.5 Å². The number of nitrogens with two attached hydrogens (primary N) is 1. The number of rotatable bonds is 2. The third-order valence-corrected chi connectivity index (χ3v) is 2.92. The van der Waals surface area contributed by atoms with Crippen LogP contribution in [0.4, 0.5) is 11.5 Å². The molecule has 0 radical (unpaired) electrons. The number of hydrogen-bond donors (Lipinski definition) is 3. The normalized spacial score (nSPS) is 21.1. The average Bonchev–Trinajstić information content (AvgIpc) is 2.29. The molecule has 1 aromatic rings. The van der Waals surface area contributed by atoms with E-state index in [0.717, 1.165) is 30.9 Å². The van der Waals surface area contributed by atoms with Crippen molar-refractivity contribution in [1.29, 1.82) is 0 Å². The molecule has 16 heavy (non-hydrogen) atoms. The molecule has 0 bridgehead atoms. The van der Waals surface area contributed by atoms with Crippen LogP contribution in [0.15, 0.2) is 12.3 Å². The predicted molar refractivity (Wildman–Crippen MR) is 64.5 cm³/mol. The van der Waals surface area contributed by atoms with E-state index in [-0.39, 0.29) is 12.6 Å². The van der Waals surface area contributed by atoms with Gasteiger partial charge in [-0.1, -0.05) is 0 Å². The van der Waals surface area contributed by atoms with Gasteiger partial charge < -0.3 is 21.1 Å². The summed E-state index contributed by atoms with van der Waals surface area (Å²) in [6.45, 7) is 4.82. The molecule has 0 spiro atoms. The van der Waals surface area contributed by atoms with E-state index in [2.05, 4.69) is 15.2 Å². The second-order valence-corrected chi connectivity index (χ2v) is 4.18. The Hall–Kier alpha value is -1.33. The lowest BCUT2D eigenvalue weighted by Crippen LogP contribution is -2.52. The van der Waals surface area contributed by atoms with Gasteiger partial charge in [-0.2, -0.15) is 0 Å². The van der Waals surface area contributed by atoms with E-state index in [1.165, 1.54) is 0 Å². The molecule has 0 amide bonds. The van der Waals surface area contributed by atoms with Crippen LogP contribution in [0.1, 0.15) is 5.56 Å². The Morgan fingerprint density at radius 3 is 3.19 bits per heavy atom. The SMILES string of the molecule is Cc1cc(N)ncc1N1CCN[C@@H](CO)C1. The van der Waals surface area contributed by atoms with E-state index in [0.29, 0.717) is 5.82 Å². The summed E-state index contributed by atoms with van der Waals surface area (Å²) in [5, 5.41) is 12.4. The highest BCUT2D eigenvalue weighted by atomic mass is 16.3. The first kappa shape index (κ1) is 11.2. The molecular formula is C11H18N4O. The van der Waals surface area contributed by atoms with E-state index in [9.17, 15) is 0 Å². The van der Waals surface area contributed by atoms with Gasteiger partial charge in [0, 0.05) is 25.7 Å². The minimum atomic E-state index is 0.144. The van der Waals surface area contributed by atoms with Gasteiger partial charge in [-0.3, -0.25) is 0 Å². The molecule has 1 aromatic heterocycles. The van der Waals surface area contributed by atoms with Crippen molar-refractivity contribution in [3.63, 3.8) is 0 Å². The molecule has 5 nitrogen and oxygen atoms in total. The molecule has 2 rings (SSSR count). The van der Waals surface area contributed by atoms with Gasteiger partial charge in [0.15, 0.2) is 0 Å². The van der Waals surface area contributed by atoms with Crippen LogP contribution in [-0.2, 0) is 0 Å². The third-order valence-electron chi connectivity index (χ3n) is 2.92. The Morgan fingerprint density at radius 2 is 2.50 bits per heavy atom. The highest BCUT2D eigenvalue weighted by molar-refractivity contribution is 5.55. The lowest BCUT2D eigenvalue weighted by atomic mass is 10.1. The van der Waals surface area contributed by atoms with Crippen molar-refractivity contribution in [1.82, 2.24) is 10.3 Å². The minimum Gasteiger partial charge on any atom is -0.395 e. The maximum absolute atomic E-state index is 9.14. The molecule has 4 N–H and O–H groups in total. The molecule has 1 fully saturated rings. The summed E-state index contributed by atoms with van der Waals surface area (Å²) >= 11 is 0. The lowest BCUT2D eigenvalue weighted by Gasteiger charge is -2.35. The molecule has 1 aliphatic heterocycles. The Kier molecular flexibility index (Phi) is 3.26. The van der Waals surface area contributed by atoms with Crippen molar-refractivity contribution in [2.24, 2.45) is 0 Å². The first-order chi connectivity index (χ1) is 7.70. The molecule has 1 saturated heterocycles. The first-order valence-electron chi connectivity index (χ1n) is 5.52. The number of nitrogens with one attached hydrogen (secondary N) is 1. The van der Waals surface area contributed by atoms with Gasteiger partial charge in [-0.05, 0) is 18.6 Å². The zero-order chi connectivity index (χ0) is 11.5. The highest BCUT2D eigenvalue weighted by Gasteiger charge is 2.19. The summed E-state index contributed by atoms with van der Waals surface area (Å²) in [5.74, 6) is 0.551. The monoisotopic (exact) mass is 222 g/mol. The van der Waals surface area contributed by atoms with Gasteiger partial charge in [0.2, 0.25) is 0 Å². The van der Waals surface area contributed by atoms with Crippen LogP contribution in [0.5, 0.6) is 0 Å². The van der Waals surface area contributed by atoms with Gasteiger partial charge in [0.25, 0.3) is 0 Å². The second-order valence-electron chi connectivity index (χ2n) is 4.18. The Labute approximate surface area is 95.3 Å². The van der Waals surface area contributed by atoms with Crippen LogP contribution < -0.4 is 16.0 Å². The third kappa shape index (κ3) is 2.25. The maximum atomic E-state index is 9.14. The van der Waals surface area contributed by atoms with Crippen molar-refractivity contribution in [2.75, 3.05) is 36.9 Å². The molecular weight excluding hydrogens is 204 g/mol. The molecule has 1 aliphatic rings. The number of pyridine rings is 1. The van der Waals surface area contributed by atoms with E-state index < -0.39 is 0 Å². The molecule has 1 atom stereocenters. The summed E-state index contributed by atoms with van der Waals surface area (Å²) in [5.41, 5.74) is 7.86. The fourth-order valence-electron chi connectivity index (χ4n) is 2.07. The number of anilines is 2. The molecule has 0 saturated carbocycles. The standard InChI is InChI=1S/C11H18N4O/c1-8-4-11(12)14-5-10(8)15-3-2-13-9(6-15)7-16/h4-5,9,13,16H,2-3,6-7H2,1H3,(H2,12,14)/t9-/m1/s1. The van der Waals surface area contributed by atoms with Gasteiger partial charge in [0.1, 0.15) is 5.82 Å². The molecule has 88 valence electrons. The molecule has 0 unspecified atom stereocenters. The maximum Gasteiger partial charge on any atom is 0.123 e. The van der Waals surface area contributed by atoms with E-state index in [1.54, 1.807) is 0 Å². The second kappa shape index (κ2) is 4.67. The lowest BCUT2D eigenvalue weighted by molar-refractivity contribution is 0.235. The number of aliphatic hydroxyl groups is 1. The quantitative estimate of drug-likeness (QED) is 0.643. The predicted octanol–water partition coefficient (Wildman–Crippen LogP) is -0.257. The summed E-state index contributed by atoms with van der Waals surface area (Å²) in [7, 11) is 0. The van der Waals surface area contributed by atoms with Gasteiger partial charge in [-0.15, -0.1) is 0 Å². The average molecular weight is 222 g/mol. The number of hydrogen-bond acceptors (Lipinski definition) is 5. The van der Waals surface area contributed by atoms with Crippen molar-refractivity contribution >= 4 is 11.5 Å². The van der Waals surface area contributed by atoms with Crippen LogP contribution in [0.2, 0.25) is 0 Å². The first-order valence-corrected chi connectivity index (χ1v) is 5.52. The number of aliphatic hydroxyl groups excluding tert-OH is 1. The summed E-state index contributed by atoms with van der Waals surface area (Å²) < 4.78 is 0. The number of nitrogens with zero attached hydrogens (tertiary/aromatic N) is 2. The number of nitrogen functional groups attached to an aromatic ring is 1. The van der Waals surface area contributed by atoms with Crippen LogP contribution in [0.3, 0.4) is 0 Å². The van der Waals surface area contributed by atoms with Crippen LogP contribution in [0.25, 0.3) is 0 Å². The van der Waals surface area contributed by atoms with Crippen molar-refractivity contribution in [3.05, 3.63) is 17.8 Å². The van der Waals surface area contributed by atoms with Crippen molar-refractivity contribution in [2.45, 2.75) is 13.0 Å². The highest BCUT2D eigenvalue weighted by Crippen LogP contribution is 2.21. The Balaban J connectivity index is 2.16. The minimum absolute atomic E-state index is 0.144. The Bertz CT molecular complexity index is 369. The van der Waals surface area contributed by atoms with E-state index in [1.807, 2.05) is 19.2 Å². The smallest absolute Gasteiger partial charge is 0.123 e. The molecule has 0 aliphatic carbocycles. The zero-order valence-electron chi connectivity index (χ0n) is 9.48. The summed E-state index contributed by atoms with van der Waals surface area (Å²) in [6, 6.07) is 2.02. The molecule has 2 heterocycles. The number of aromatic nitrogens is 1. The topological polar surface area (TPSA) is 74.4 Å². The number of aryl methyl sites for hydroxylation is 1. The van der Waals surface area contributed by atoms with Gasteiger partial charge >= 0.3 is 0 Å². The van der Waals surface area contributed by atoms with Crippen molar-refractivity contribution < 1.29 is 5.11 Å². The molecule has 0 aromatic carbocycles.